The fourth-order valence-corrected chi connectivity index (χ4v) is 2.06. The first-order chi connectivity index (χ1) is 8.39. The van der Waals surface area contributed by atoms with Gasteiger partial charge >= 0.3 is 0 Å². The number of epoxide rings is 1. The summed E-state index contributed by atoms with van der Waals surface area (Å²) in [6.45, 7) is 2.49. The summed E-state index contributed by atoms with van der Waals surface area (Å²) in [6.07, 6.45) is -1.01. The van der Waals surface area contributed by atoms with Crippen molar-refractivity contribution in [2.45, 2.75) is 25.6 Å². The number of hydrogen-bond acceptors (Lipinski definition) is 4. The summed E-state index contributed by atoms with van der Waals surface area (Å²) in [5, 5.41) is 0.507. The van der Waals surface area contributed by atoms with Crippen LogP contribution in [0.15, 0.2) is 24.3 Å². The molecule has 18 heavy (non-hydrogen) atoms. The second kappa shape index (κ2) is 4.30. The second-order valence-electron chi connectivity index (χ2n) is 4.22. The Morgan fingerprint density at radius 2 is 1.61 bits per heavy atom. The highest BCUT2D eigenvalue weighted by molar-refractivity contribution is 6.30. The molecule has 1 fully saturated rings. The summed E-state index contributed by atoms with van der Waals surface area (Å²) < 4.78 is 5.09. The van der Waals surface area contributed by atoms with Gasteiger partial charge in [-0.2, -0.15) is 0 Å². The third-order valence-electron chi connectivity index (χ3n) is 3.03. The molecule has 0 bridgehead atoms. The van der Waals surface area contributed by atoms with Crippen molar-refractivity contribution >= 4 is 29.0 Å². The van der Waals surface area contributed by atoms with Gasteiger partial charge in [0, 0.05) is 10.6 Å². The van der Waals surface area contributed by atoms with Crippen LogP contribution in [0.25, 0.3) is 0 Å². The number of ketones is 3. The molecule has 0 N–H and O–H groups in total. The zero-order valence-corrected chi connectivity index (χ0v) is 10.7. The topological polar surface area (TPSA) is 63.7 Å². The fraction of sp³-hybridized carbons (Fsp3) is 0.308. The van der Waals surface area contributed by atoms with Gasteiger partial charge in [-0.05, 0) is 38.1 Å². The number of hydrogen-bond donors (Lipinski definition) is 0. The summed E-state index contributed by atoms with van der Waals surface area (Å²) >= 11 is 5.72. The summed E-state index contributed by atoms with van der Waals surface area (Å²) in [5.74, 6) is -1.26. The van der Waals surface area contributed by atoms with Gasteiger partial charge in [0.2, 0.25) is 5.60 Å². The number of rotatable bonds is 4. The van der Waals surface area contributed by atoms with Crippen LogP contribution in [-0.4, -0.2) is 29.1 Å². The lowest BCUT2D eigenvalue weighted by Crippen LogP contribution is -2.35. The highest BCUT2D eigenvalue weighted by Crippen LogP contribution is 2.40. The predicted molar refractivity (Wildman–Crippen MR) is 64.7 cm³/mol. The molecule has 94 valence electrons. The SMILES string of the molecule is CC(=O)C1(C(C)=O)OC1C(=O)c1ccc(Cl)cc1. The summed E-state index contributed by atoms with van der Waals surface area (Å²) in [7, 11) is 0. The van der Waals surface area contributed by atoms with Gasteiger partial charge in [0.05, 0.1) is 0 Å². The van der Waals surface area contributed by atoms with Crippen molar-refractivity contribution in [3.05, 3.63) is 34.9 Å². The Morgan fingerprint density at radius 1 is 1.11 bits per heavy atom. The van der Waals surface area contributed by atoms with Crippen molar-refractivity contribution in [3.8, 4) is 0 Å². The first-order valence-corrected chi connectivity index (χ1v) is 5.77. The number of halogens is 1. The monoisotopic (exact) mass is 266 g/mol. The molecule has 1 unspecified atom stereocenters. The van der Waals surface area contributed by atoms with Crippen LogP contribution in [0.5, 0.6) is 0 Å². The van der Waals surface area contributed by atoms with E-state index in [4.69, 9.17) is 16.3 Å². The van der Waals surface area contributed by atoms with Crippen LogP contribution in [0, 0.1) is 0 Å². The Hall–Kier alpha value is -1.52. The third kappa shape index (κ3) is 1.87. The Bertz CT molecular complexity index is 518. The van der Waals surface area contributed by atoms with Gasteiger partial charge in [-0.1, -0.05) is 11.6 Å². The van der Waals surface area contributed by atoms with Crippen molar-refractivity contribution in [2.24, 2.45) is 0 Å². The van der Waals surface area contributed by atoms with Crippen molar-refractivity contribution in [1.29, 1.82) is 0 Å². The van der Waals surface area contributed by atoms with Crippen LogP contribution >= 0.6 is 11.6 Å². The molecule has 0 aliphatic carbocycles. The Labute approximate surface area is 109 Å². The summed E-state index contributed by atoms with van der Waals surface area (Å²) in [5.41, 5.74) is -1.20. The molecule has 4 nitrogen and oxygen atoms in total. The smallest absolute Gasteiger partial charge is 0.218 e. The molecule has 0 amide bonds. The van der Waals surface area contributed by atoms with Gasteiger partial charge in [-0.3, -0.25) is 14.4 Å². The van der Waals surface area contributed by atoms with E-state index in [0.29, 0.717) is 10.6 Å². The number of carbonyl (C=O) groups is 3. The second-order valence-corrected chi connectivity index (χ2v) is 4.65. The average molecular weight is 267 g/mol. The van der Waals surface area contributed by atoms with Crippen LogP contribution < -0.4 is 0 Å². The van der Waals surface area contributed by atoms with E-state index in [1.807, 2.05) is 0 Å². The van der Waals surface area contributed by atoms with E-state index in [-0.39, 0.29) is 5.78 Å². The fourth-order valence-electron chi connectivity index (χ4n) is 1.94. The molecule has 0 saturated carbocycles. The molecule has 0 radical (unpaired) electrons. The average Bonchev–Trinajstić information content (AvgIpc) is 3.05. The zero-order chi connectivity index (χ0) is 13.5. The maximum absolute atomic E-state index is 12.1. The molecule has 2 rings (SSSR count). The standard InChI is InChI=1S/C13H11ClO4/c1-7(15)13(8(2)16)12(18-13)11(17)9-3-5-10(14)6-4-9/h3-6,12H,1-2H3. The first-order valence-electron chi connectivity index (χ1n) is 5.39. The molecule has 1 aromatic rings. The van der Waals surface area contributed by atoms with Crippen LogP contribution in [-0.2, 0) is 14.3 Å². The molecule has 1 atom stereocenters. The minimum Gasteiger partial charge on any atom is -0.341 e. The largest absolute Gasteiger partial charge is 0.341 e. The number of ether oxygens (including phenoxy) is 1. The van der Waals surface area contributed by atoms with Gasteiger partial charge < -0.3 is 4.74 Å². The number of carbonyl (C=O) groups excluding carboxylic acids is 3. The Balaban J connectivity index is 2.25. The highest BCUT2D eigenvalue weighted by Gasteiger charge is 2.67. The molecule has 0 aromatic heterocycles. The lowest BCUT2D eigenvalue weighted by molar-refractivity contribution is -0.132. The quantitative estimate of drug-likeness (QED) is 0.474. The van der Waals surface area contributed by atoms with Crippen molar-refractivity contribution < 1.29 is 19.1 Å². The van der Waals surface area contributed by atoms with Gasteiger partial charge in [0.1, 0.15) is 0 Å². The van der Waals surface area contributed by atoms with E-state index < -0.39 is 23.3 Å². The highest BCUT2D eigenvalue weighted by atomic mass is 35.5. The van der Waals surface area contributed by atoms with Crippen LogP contribution in [0.1, 0.15) is 24.2 Å². The third-order valence-corrected chi connectivity index (χ3v) is 3.28. The lowest BCUT2D eigenvalue weighted by Gasteiger charge is -2.03. The van der Waals surface area contributed by atoms with Gasteiger partial charge in [-0.15, -0.1) is 0 Å². The van der Waals surface area contributed by atoms with Gasteiger partial charge in [0.25, 0.3) is 0 Å². The molecule has 1 aliphatic rings. The van der Waals surface area contributed by atoms with Gasteiger partial charge in [-0.25, -0.2) is 0 Å². The molecule has 1 heterocycles. The lowest BCUT2D eigenvalue weighted by atomic mass is 9.92. The predicted octanol–water partition coefficient (Wildman–Crippen LogP) is 1.84. The molecular formula is C13H11ClO4. The Morgan fingerprint density at radius 3 is 2.00 bits per heavy atom. The molecule has 5 heteroatoms. The summed E-state index contributed by atoms with van der Waals surface area (Å²) in [4.78, 5) is 35.0. The molecule has 1 aliphatic heterocycles. The number of Topliss-reactive ketones (excluding diaryl/α,β-unsaturated/α-hetero) is 3. The normalized spacial score (nSPS) is 20.3. The zero-order valence-electron chi connectivity index (χ0n) is 9.90. The summed E-state index contributed by atoms with van der Waals surface area (Å²) in [6, 6.07) is 6.22. The van der Waals surface area contributed by atoms with E-state index in [0.717, 1.165) is 0 Å². The van der Waals surface area contributed by atoms with E-state index in [2.05, 4.69) is 0 Å². The number of benzene rings is 1. The van der Waals surface area contributed by atoms with Crippen LogP contribution in [0.4, 0.5) is 0 Å². The van der Waals surface area contributed by atoms with Crippen molar-refractivity contribution in [1.82, 2.24) is 0 Å². The maximum atomic E-state index is 12.1. The van der Waals surface area contributed by atoms with Crippen LogP contribution in [0.3, 0.4) is 0 Å². The van der Waals surface area contributed by atoms with E-state index in [1.54, 1.807) is 12.1 Å². The van der Waals surface area contributed by atoms with Crippen molar-refractivity contribution in [2.75, 3.05) is 0 Å². The molecule has 1 aromatic carbocycles. The van der Waals surface area contributed by atoms with E-state index in [1.165, 1.54) is 26.0 Å². The minimum atomic E-state index is -1.57. The minimum absolute atomic E-state index is 0.369. The van der Waals surface area contributed by atoms with Crippen molar-refractivity contribution in [3.63, 3.8) is 0 Å². The molecule has 0 spiro atoms. The van der Waals surface area contributed by atoms with Crippen LogP contribution in [0.2, 0.25) is 5.02 Å². The van der Waals surface area contributed by atoms with E-state index >= 15 is 0 Å². The molecule has 1 saturated heterocycles. The van der Waals surface area contributed by atoms with Gasteiger partial charge in [0.15, 0.2) is 23.5 Å². The maximum Gasteiger partial charge on any atom is 0.218 e. The Kier molecular flexibility index (Phi) is 3.09. The van der Waals surface area contributed by atoms with E-state index in [9.17, 15) is 14.4 Å². The first kappa shape index (κ1) is 12.9. The molecular weight excluding hydrogens is 256 g/mol.